The summed E-state index contributed by atoms with van der Waals surface area (Å²) >= 11 is 0. The van der Waals surface area contributed by atoms with Crippen LogP contribution in [0.2, 0.25) is 0 Å². The number of furan rings is 1. The van der Waals surface area contributed by atoms with E-state index in [2.05, 4.69) is 9.97 Å². The quantitative estimate of drug-likeness (QED) is 0.480. The number of rotatable bonds is 5. The number of nitrogens with one attached hydrogen (secondary N) is 1. The van der Waals surface area contributed by atoms with E-state index in [4.69, 9.17) is 14.6 Å². The van der Waals surface area contributed by atoms with Gasteiger partial charge in [0.1, 0.15) is 29.1 Å². The maximum atomic E-state index is 9.86. The van der Waals surface area contributed by atoms with E-state index in [-0.39, 0.29) is 11.7 Å². The number of fused-ring (bicyclic) bond motifs is 2. The highest BCUT2D eigenvalue weighted by molar-refractivity contribution is 5.55. The first kappa shape index (κ1) is 17.3. The Labute approximate surface area is 166 Å². The summed E-state index contributed by atoms with van der Waals surface area (Å²) in [4.78, 5) is 8.51. The maximum Gasteiger partial charge on any atom is 0.228 e. The molecule has 1 atom stereocenters. The van der Waals surface area contributed by atoms with E-state index in [1.54, 1.807) is 43.3 Å². The molecule has 0 saturated carbocycles. The fraction of sp³-hybridized carbons (Fsp3) is 0.190. The average molecular weight is 389 g/mol. The first-order valence-electron chi connectivity index (χ1n) is 9.34. The third-order valence-corrected chi connectivity index (χ3v) is 5.09. The molecule has 29 heavy (non-hydrogen) atoms. The summed E-state index contributed by atoms with van der Waals surface area (Å²) in [6, 6.07) is 8.68. The van der Waals surface area contributed by atoms with Gasteiger partial charge in [0.2, 0.25) is 5.88 Å². The zero-order valence-electron chi connectivity index (χ0n) is 15.5. The van der Waals surface area contributed by atoms with Crippen molar-refractivity contribution in [3.8, 4) is 17.4 Å². The van der Waals surface area contributed by atoms with Crippen molar-refractivity contribution in [2.24, 2.45) is 0 Å². The molecule has 1 aliphatic heterocycles. The van der Waals surface area contributed by atoms with Gasteiger partial charge in [-0.3, -0.25) is 5.41 Å². The predicted molar refractivity (Wildman–Crippen MR) is 103 cm³/mol. The van der Waals surface area contributed by atoms with Crippen molar-refractivity contribution in [3.05, 3.63) is 84.0 Å². The number of benzene rings is 1. The van der Waals surface area contributed by atoms with Crippen molar-refractivity contribution in [3.63, 3.8) is 0 Å². The highest BCUT2D eigenvalue weighted by atomic mass is 16.5. The molecule has 1 aromatic carbocycles. The number of phenolic OH excluding ortho intramolecular Hbond substituents is 1. The van der Waals surface area contributed by atoms with Gasteiger partial charge in [0.25, 0.3) is 0 Å². The van der Waals surface area contributed by atoms with Crippen LogP contribution in [0.25, 0.3) is 0 Å². The molecule has 0 amide bonds. The lowest BCUT2D eigenvalue weighted by atomic mass is 9.87. The highest BCUT2D eigenvalue weighted by Gasteiger charge is 2.33. The van der Waals surface area contributed by atoms with E-state index in [0.717, 1.165) is 18.5 Å². The molecule has 5 rings (SSSR count). The monoisotopic (exact) mass is 389 g/mol. The molecule has 4 heterocycles. The Bertz CT molecular complexity index is 1200. The molecular weight excluding hydrogens is 370 g/mol. The van der Waals surface area contributed by atoms with Gasteiger partial charge in [0.15, 0.2) is 0 Å². The number of phenols is 1. The van der Waals surface area contributed by atoms with E-state index < -0.39 is 0 Å². The Hall–Kier alpha value is -3.81. The Morgan fingerprint density at radius 1 is 1.17 bits per heavy atom. The molecule has 0 spiro atoms. The fourth-order valence-corrected chi connectivity index (χ4v) is 3.72. The number of ether oxygens (including phenoxy) is 1. The molecule has 0 radical (unpaired) electrons. The summed E-state index contributed by atoms with van der Waals surface area (Å²) in [5.74, 6) is 1.37. The van der Waals surface area contributed by atoms with Crippen molar-refractivity contribution >= 4 is 0 Å². The molecule has 1 unspecified atom stereocenters. The van der Waals surface area contributed by atoms with Gasteiger partial charge in [0, 0.05) is 37.1 Å². The van der Waals surface area contributed by atoms with Gasteiger partial charge in [-0.05, 0) is 24.6 Å². The van der Waals surface area contributed by atoms with Gasteiger partial charge >= 0.3 is 0 Å². The van der Waals surface area contributed by atoms with Gasteiger partial charge in [-0.1, -0.05) is 6.07 Å². The van der Waals surface area contributed by atoms with Crippen molar-refractivity contribution in [1.82, 2.24) is 19.1 Å². The van der Waals surface area contributed by atoms with E-state index in [1.165, 1.54) is 0 Å². The average Bonchev–Trinajstić information content (AvgIpc) is 3.42. The molecule has 1 aliphatic rings. The number of aromatic hydroxyl groups is 1. The lowest BCUT2D eigenvalue weighted by molar-refractivity contribution is 0.399. The summed E-state index contributed by atoms with van der Waals surface area (Å²) in [5, 5.41) is 18.7. The van der Waals surface area contributed by atoms with Crippen LogP contribution in [0.5, 0.6) is 17.4 Å². The number of imidazole rings is 1. The SMILES string of the molecule is N=c1c2c(ncn1CCCn1ccnc1)Oc1cc(O)ccc1C2c1ccco1. The van der Waals surface area contributed by atoms with E-state index in [1.807, 2.05) is 27.5 Å². The molecule has 3 aromatic heterocycles. The second-order valence-corrected chi connectivity index (χ2v) is 6.93. The van der Waals surface area contributed by atoms with Crippen LogP contribution in [0.15, 0.2) is 66.1 Å². The zero-order valence-corrected chi connectivity index (χ0v) is 15.5. The zero-order chi connectivity index (χ0) is 19.8. The standard InChI is InChI=1S/C21H19N5O3/c22-20-19-18(16-3-1-10-28-16)15-5-4-14(27)11-17(15)29-21(19)24-13-26(20)8-2-7-25-9-6-23-12-25/h1,3-6,9-13,18,22,27H,2,7-8H2. The molecule has 4 aromatic rings. The van der Waals surface area contributed by atoms with Gasteiger partial charge in [-0.2, -0.15) is 0 Å². The smallest absolute Gasteiger partial charge is 0.228 e. The fourth-order valence-electron chi connectivity index (χ4n) is 3.72. The first-order chi connectivity index (χ1) is 14.2. The minimum Gasteiger partial charge on any atom is -0.508 e. The second-order valence-electron chi connectivity index (χ2n) is 6.93. The number of hydrogen-bond acceptors (Lipinski definition) is 6. The van der Waals surface area contributed by atoms with Crippen LogP contribution in [0.4, 0.5) is 0 Å². The molecule has 0 bridgehead atoms. The molecule has 0 fully saturated rings. The number of aryl methyl sites for hydroxylation is 2. The van der Waals surface area contributed by atoms with E-state index >= 15 is 0 Å². The van der Waals surface area contributed by atoms with Crippen LogP contribution >= 0.6 is 0 Å². The van der Waals surface area contributed by atoms with E-state index in [0.29, 0.717) is 35.0 Å². The summed E-state index contributed by atoms with van der Waals surface area (Å²) in [5.41, 5.74) is 1.82. The lowest BCUT2D eigenvalue weighted by Gasteiger charge is -2.27. The van der Waals surface area contributed by atoms with Crippen LogP contribution in [0.1, 0.15) is 29.2 Å². The van der Waals surface area contributed by atoms with Gasteiger partial charge in [-0.15, -0.1) is 0 Å². The maximum absolute atomic E-state index is 9.86. The van der Waals surface area contributed by atoms with Crippen molar-refractivity contribution < 1.29 is 14.3 Å². The van der Waals surface area contributed by atoms with Gasteiger partial charge < -0.3 is 23.4 Å². The van der Waals surface area contributed by atoms with Crippen molar-refractivity contribution in [2.45, 2.75) is 25.4 Å². The minimum absolute atomic E-state index is 0.113. The predicted octanol–water partition coefficient (Wildman–Crippen LogP) is 3.23. The first-order valence-corrected chi connectivity index (χ1v) is 9.34. The number of aromatic nitrogens is 4. The number of hydrogen-bond donors (Lipinski definition) is 2. The van der Waals surface area contributed by atoms with E-state index in [9.17, 15) is 5.11 Å². The summed E-state index contributed by atoms with van der Waals surface area (Å²) in [6.45, 7) is 1.45. The molecule has 2 N–H and O–H groups in total. The van der Waals surface area contributed by atoms with Gasteiger partial charge in [0.05, 0.1) is 24.1 Å². The summed E-state index contributed by atoms with van der Waals surface area (Å²) in [6.07, 6.45) is 9.54. The normalized spacial score (nSPS) is 14.8. The molecule has 0 saturated heterocycles. The second kappa shape index (κ2) is 6.97. The summed E-state index contributed by atoms with van der Waals surface area (Å²) < 4.78 is 15.4. The third kappa shape index (κ3) is 3.08. The Balaban J connectivity index is 1.54. The van der Waals surface area contributed by atoms with Crippen LogP contribution in [0.3, 0.4) is 0 Å². The molecule has 8 nitrogen and oxygen atoms in total. The minimum atomic E-state index is -0.328. The van der Waals surface area contributed by atoms with Crippen LogP contribution in [-0.2, 0) is 13.1 Å². The van der Waals surface area contributed by atoms with Crippen LogP contribution in [-0.4, -0.2) is 24.2 Å². The third-order valence-electron chi connectivity index (χ3n) is 5.09. The lowest BCUT2D eigenvalue weighted by Crippen LogP contribution is -2.30. The van der Waals surface area contributed by atoms with Crippen molar-refractivity contribution in [1.29, 1.82) is 5.41 Å². The molecular formula is C21H19N5O3. The highest BCUT2D eigenvalue weighted by Crippen LogP contribution is 2.45. The topological polar surface area (TPSA) is 102 Å². The number of nitrogens with zero attached hydrogens (tertiary/aromatic N) is 4. The van der Waals surface area contributed by atoms with Crippen molar-refractivity contribution in [2.75, 3.05) is 0 Å². The Kier molecular flexibility index (Phi) is 4.16. The Morgan fingerprint density at radius 2 is 2.10 bits per heavy atom. The Morgan fingerprint density at radius 3 is 2.90 bits per heavy atom. The van der Waals surface area contributed by atoms with Crippen LogP contribution < -0.4 is 10.2 Å². The summed E-state index contributed by atoms with van der Waals surface area (Å²) in [7, 11) is 0. The molecule has 146 valence electrons. The largest absolute Gasteiger partial charge is 0.508 e. The molecule has 8 heteroatoms. The molecule has 0 aliphatic carbocycles. The van der Waals surface area contributed by atoms with Crippen LogP contribution in [0, 0.1) is 5.41 Å². The van der Waals surface area contributed by atoms with Gasteiger partial charge in [-0.25, -0.2) is 9.97 Å².